The van der Waals surface area contributed by atoms with E-state index in [0.717, 1.165) is 0 Å². The number of hydrogen-bond acceptors (Lipinski definition) is 2. The number of carboxylic acid groups (broad SMARTS) is 1. The van der Waals surface area contributed by atoms with Crippen molar-refractivity contribution >= 4 is 17.6 Å². The number of rotatable bonds is 3. The number of nitrogens with one attached hydrogen (secondary N) is 1. The van der Waals surface area contributed by atoms with Gasteiger partial charge in [-0.2, -0.15) is 13.2 Å². The molecule has 0 heterocycles. The Morgan fingerprint density at radius 3 is 2.44 bits per heavy atom. The van der Waals surface area contributed by atoms with E-state index in [1.165, 1.54) is 31.2 Å². The maximum absolute atomic E-state index is 12.0. The molecule has 4 nitrogen and oxygen atoms in total. The van der Waals surface area contributed by atoms with Gasteiger partial charge in [-0.1, -0.05) is 12.1 Å². The van der Waals surface area contributed by atoms with E-state index in [1.807, 2.05) is 0 Å². The average Bonchev–Trinajstić information content (AvgIpc) is 2.27. The van der Waals surface area contributed by atoms with Crippen molar-refractivity contribution in [2.75, 3.05) is 5.32 Å². The minimum Gasteiger partial charge on any atom is -0.481 e. The lowest BCUT2D eigenvalue weighted by molar-refractivity contribution is -0.167. The number of carbonyl (C=O) groups is 2. The number of carboxylic acids is 1. The number of benzene rings is 1. The first-order valence-electron chi connectivity index (χ1n) is 4.92. The van der Waals surface area contributed by atoms with Crippen molar-refractivity contribution in [3.05, 3.63) is 29.8 Å². The zero-order valence-corrected chi connectivity index (χ0v) is 9.28. The highest BCUT2D eigenvalue weighted by atomic mass is 19.4. The largest absolute Gasteiger partial charge is 0.481 e. The third-order valence-corrected chi connectivity index (χ3v) is 2.27. The smallest absolute Gasteiger partial charge is 0.471 e. The van der Waals surface area contributed by atoms with E-state index in [1.54, 1.807) is 5.32 Å². The van der Waals surface area contributed by atoms with Crippen LogP contribution in [0.5, 0.6) is 0 Å². The minimum absolute atomic E-state index is 0.0945. The van der Waals surface area contributed by atoms with Crippen LogP contribution in [0.2, 0.25) is 0 Å². The van der Waals surface area contributed by atoms with E-state index in [4.69, 9.17) is 5.11 Å². The molecule has 98 valence electrons. The van der Waals surface area contributed by atoms with Gasteiger partial charge in [-0.15, -0.1) is 0 Å². The summed E-state index contributed by atoms with van der Waals surface area (Å²) in [6.07, 6.45) is -4.98. The van der Waals surface area contributed by atoms with Crippen molar-refractivity contribution in [2.45, 2.75) is 19.0 Å². The fraction of sp³-hybridized carbons (Fsp3) is 0.273. The van der Waals surface area contributed by atoms with Gasteiger partial charge in [0, 0.05) is 5.69 Å². The maximum atomic E-state index is 12.0. The Bertz CT molecular complexity index is 471. The second-order valence-corrected chi connectivity index (χ2v) is 3.64. The molecular formula is C11H10F3NO3. The monoisotopic (exact) mass is 261 g/mol. The van der Waals surface area contributed by atoms with Crippen molar-refractivity contribution in [2.24, 2.45) is 0 Å². The molecule has 0 saturated heterocycles. The van der Waals surface area contributed by atoms with Gasteiger partial charge in [0.2, 0.25) is 0 Å². The van der Waals surface area contributed by atoms with Crippen LogP contribution in [0.25, 0.3) is 0 Å². The maximum Gasteiger partial charge on any atom is 0.471 e. The van der Waals surface area contributed by atoms with Gasteiger partial charge < -0.3 is 10.4 Å². The minimum atomic E-state index is -4.98. The fourth-order valence-electron chi connectivity index (χ4n) is 1.23. The molecule has 1 aromatic rings. The lowest BCUT2D eigenvalue weighted by Gasteiger charge is -2.11. The third-order valence-electron chi connectivity index (χ3n) is 2.27. The third kappa shape index (κ3) is 3.47. The predicted octanol–water partition coefficient (Wildman–Crippen LogP) is 2.38. The zero-order valence-electron chi connectivity index (χ0n) is 9.28. The number of carbonyl (C=O) groups excluding carboxylic acids is 1. The molecule has 0 aliphatic heterocycles. The number of hydrogen-bond donors (Lipinski definition) is 2. The molecule has 0 spiro atoms. The molecule has 1 unspecified atom stereocenters. The Hall–Kier alpha value is -2.05. The molecule has 0 aliphatic carbocycles. The Balaban J connectivity index is 2.90. The molecular weight excluding hydrogens is 251 g/mol. The van der Waals surface area contributed by atoms with Crippen LogP contribution in [0.15, 0.2) is 24.3 Å². The molecule has 1 amide bonds. The average molecular weight is 261 g/mol. The van der Waals surface area contributed by atoms with Crippen LogP contribution in [0.1, 0.15) is 18.4 Å². The van der Waals surface area contributed by atoms with Crippen LogP contribution in [0, 0.1) is 0 Å². The number of anilines is 1. The van der Waals surface area contributed by atoms with Crippen LogP contribution in [0.3, 0.4) is 0 Å². The van der Waals surface area contributed by atoms with Crippen LogP contribution < -0.4 is 5.32 Å². The molecule has 2 N–H and O–H groups in total. The van der Waals surface area contributed by atoms with Crippen LogP contribution in [0.4, 0.5) is 18.9 Å². The standard InChI is InChI=1S/C11H10F3NO3/c1-6(9(16)17)7-3-2-4-8(5-7)15-10(18)11(12,13)14/h2-6H,1H3,(H,15,18)(H,16,17). The topological polar surface area (TPSA) is 66.4 Å². The summed E-state index contributed by atoms with van der Waals surface area (Å²) in [5.41, 5.74) is 0.213. The molecule has 7 heteroatoms. The molecule has 0 saturated carbocycles. The van der Waals surface area contributed by atoms with E-state index < -0.39 is 24.0 Å². The number of amides is 1. The van der Waals surface area contributed by atoms with Crippen molar-refractivity contribution in [1.82, 2.24) is 0 Å². The molecule has 0 aromatic heterocycles. The predicted molar refractivity (Wildman–Crippen MR) is 57.2 cm³/mol. The summed E-state index contributed by atoms with van der Waals surface area (Å²) in [5.74, 6) is -4.07. The van der Waals surface area contributed by atoms with E-state index >= 15 is 0 Å². The molecule has 0 aliphatic rings. The first kappa shape index (κ1) is 14.0. The Kier molecular flexibility index (Phi) is 3.95. The van der Waals surface area contributed by atoms with Gasteiger partial charge in [-0.05, 0) is 24.6 Å². The second-order valence-electron chi connectivity index (χ2n) is 3.64. The van der Waals surface area contributed by atoms with Gasteiger partial charge >= 0.3 is 18.1 Å². The van der Waals surface area contributed by atoms with Crippen molar-refractivity contribution < 1.29 is 27.9 Å². The first-order chi connectivity index (χ1) is 8.21. The number of halogens is 3. The SMILES string of the molecule is CC(C(=O)O)c1cccc(NC(=O)C(F)(F)F)c1. The molecule has 0 radical (unpaired) electrons. The number of aliphatic carboxylic acids is 1. The Morgan fingerprint density at radius 1 is 1.33 bits per heavy atom. The van der Waals surface area contributed by atoms with Crippen LogP contribution in [-0.2, 0) is 9.59 Å². The zero-order chi connectivity index (χ0) is 13.9. The van der Waals surface area contributed by atoms with Gasteiger partial charge in [0.15, 0.2) is 0 Å². The summed E-state index contributed by atoms with van der Waals surface area (Å²) in [4.78, 5) is 21.4. The number of alkyl halides is 3. The molecule has 1 atom stereocenters. The quantitative estimate of drug-likeness (QED) is 0.877. The summed E-state index contributed by atoms with van der Waals surface area (Å²) < 4.78 is 36.0. The van der Waals surface area contributed by atoms with Crippen LogP contribution >= 0.6 is 0 Å². The van der Waals surface area contributed by atoms with E-state index in [-0.39, 0.29) is 5.69 Å². The Labute approximate surface area is 100 Å². The lowest BCUT2D eigenvalue weighted by atomic mass is 10.0. The summed E-state index contributed by atoms with van der Waals surface area (Å²) in [7, 11) is 0. The second kappa shape index (κ2) is 5.07. The van der Waals surface area contributed by atoms with E-state index in [0.29, 0.717) is 5.56 Å². The van der Waals surface area contributed by atoms with E-state index in [9.17, 15) is 22.8 Å². The van der Waals surface area contributed by atoms with Crippen molar-refractivity contribution in [1.29, 1.82) is 0 Å². The lowest BCUT2D eigenvalue weighted by Crippen LogP contribution is -2.29. The summed E-state index contributed by atoms with van der Waals surface area (Å²) >= 11 is 0. The molecule has 1 rings (SSSR count). The van der Waals surface area contributed by atoms with Crippen molar-refractivity contribution in [3.63, 3.8) is 0 Å². The molecule has 18 heavy (non-hydrogen) atoms. The van der Waals surface area contributed by atoms with Crippen molar-refractivity contribution in [3.8, 4) is 0 Å². The first-order valence-corrected chi connectivity index (χ1v) is 4.92. The normalized spacial score (nSPS) is 12.9. The molecule has 0 bridgehead atoms. The Morgan fingerprint density at radius 2 is 1.94 bits per heavy atom. The molecule has 0 fully saturated rings. The summed E-state index contributed by atoms with van der Waals surface area (Å²) in [5, 5.41) is 10.4. The van der Waals surface area contributed by atoms with Gasteiger partial charge in [0.05, 0.1) is 5.92 Å². The van der Waals surface area contributed by atoms with Gasteiger partial charge in [-0.25, -0.2) is 0 Å². The summed E-state index contributed by atoms with van der Waals surface area (Å²) in [6.45, 7) is 1.40. The van der Waals surface area contributed by atoms with Gasteiger partial charge in [0.1, 0.15) is 0 Å². The summed E-state index contributed by atoms with van der Waals surface area (Å²) in [6, 6.07) is 5.28. The van der Waals surface area contributed by atoms with Crippen LogP contribution in [-0.4, -0.2) is 23.2 Å². The van der Waals surface area contributed by atoms with Gasteiger partial charge in [-0.3, -0.25) is 9.59 Å². The molecule has 1 aromatic carbocycles. The van der Waals surface area contributed by atoms with E-state index in [2.05, 4.69) is 0 Å². The highest BCUT2D eigenvalue weighted by Crippen LogP contribution is 2.22. The fourth-order valence-corrected chi connectivity index (χ4v) is 1.23. The highest BCUT2D eigenvalue weighted by Gasteiger charge is 2.38. The van der Waals surface area contributed by atoms with Gasteiger partial charge in [0.25, 0.3) is 0 Å². The highest BCUT2D eigenvalue weighted by molar-refractivity contribution is 5.95.